The predicted octanol–water partition coefficient (Wildman–Crippen LogP) is 1.04. The average Bonchev–Trinajstić information content (AvgIpc) is 2.23. The number of nitrogens with one attached hydrogen (secondary N) is 1. The summed E-state index contributed by atoms with van der Waals surface area (Å²) in [4.78, 5) is 16.2. The minimum atomic E-state index is -0.167. The van der Waals surface area contributed by atoms with Gasteiger partial charge < -0.3 is 10.4 Å². The van der Waals surface area contributed by atoms with Crippen LogP contribution in [0.25, 0.3) is 0 Å². The molecule has 1 aromatic rings. The summed E-state index contributed by atoms with van der Waals surface area (Å²) in [6.45, 7) is 7.86. The first-order valence-electron chi connectivity index (χ1n) is 5.32. The number of hydrogen-bond donors (Lipinski definition) is 2. The van der Waals surface area contributed by atoms with Crippen LogP contribution >= 0.6 is 0 Å². The summed E-state index contributed by atoms with van der Waals surface area (Å²) >= 11 is 0. The number of aliphatic hydroxyl groups is 1. The fourth-order valence-corrected chi connectivity index (χ4v) is 1.71. The predicted molar refractivity (Wildman–Crippen MR) is 62.6 cm³/mol. The Labute approximate surface area is 95.7 Å². The van der Waals surface area contributed by atoms with Gasteiger partial charge in [0.15, 0.2) is 0 Å². The Morgan fingerprint density at radius 3 is 2.38 bits per heavy atom. The van der Waals surface area contributed by atoms with Crippen molar-refractivity contribution in [2.45, 2.75) is 27.7 Å². The van der Waals surface area contributed by atoms with Gasteiger partial charge in [-0.2, -0.15) is 0 Å². The van der Waals surface area contributed by atoms with Gasteiger partial charge in [-0.3, -0.25) is 9.78 Å². The third-order valence-electron chi connectivity index (χ3n) is 2.80. The van der Waals surface area contributed by atoms with Gasteiger partial charge >= 0.3 is 0 Å². The third-order valence-corrected chi connectivity index (χ3v) is 2.80. The molecule has 1 heterocycles. The Balaban J connectivity index is 3.13. The smallest absolute Gasteiger partial charge is 0.253 e. The van der Waals surface area contributed by atoms with E-state index >= 15 is 0 Å². The second-order valence-corrected chi connectivity index (χ2v) is 3.89. The molecule has 0 aliphatic rings. The van der Waals surface area contributed by atoms with E-state index in [1.165, 1.54) is 0 Å². The van der Waals surface area contributed by atoms with Crippen molar-refractivity contribution in [1.29, 1.82) is 0 Å². The number of aromatic nitrogens is 1. The number of carbonyl (C=O) groups excluding carboxylic acids is 1. The monoisotopic (exact) mass is 222 g/mol. The van der Waals surface area contributed by atoms with Crippen LogP contribution in [0, 0.1) is 27.7 Å². The van der Waals surface area contributed by atoms with Crippen LogP contribution in [0.1, 0.15) is 32.9 Å². The molecule has 0 aromatic carbocycles. The lowest BCUT2D eigenvalue weighted by atomic mass is 10.0. The molecule has 1 amide bonds. The zero-order valence-corrected chi connectivity index (χ0v) is 10.2. The Kier molecular flexibility index (Phi) is 4.01. The number of rotatable bonds is 3. The van der Waals surface area contributed by atoms with E-state index in [2.05, 4.69) is 10.3 Å². The molecular weight excluding hydrogens is 204 g/mol. The maximum Gasteiger partial charge on any atom is 0.253 e. The van der Waals surface area contributed by atoms with Gasteiger partial charge in [-0.05, 0) is 38.8 Å². The Bertz CT molecular complexity index is 414. The van der Waals surface area contributed by atoms with Crippen LogP contribution in [0.15, 0.2) is 0 Å². The summed E-state index contributed by atoms with van der Waals surface area (Å²) in [5.41, 5.74) is 4.31. The van der Waals surface area contributed by atoms with E-state index in [-0.39, 0.29) is 19.1 Å². The molecule has 0 saturated carbocycles. The molecule has 16 heavy (non-hydrogen) atoms. The maximum absolute atomic E-state index is 11.8. The molecule has 0 radical (unpaired) electrons. The first-order chi connectivity index (χ1) is 7.49. The van der Waals surface area contributed by atoms with Gasteiger partial charge in [-0.25, -0.2) is 0 Å². The van der Waals surface area contributed by atoms with Crippen molar-refractivity contribution in [2.24, 2.45) is 0 Å². The molecule has 1 rings (SSSR count). The number of pyridine rings is 1. The number of aryl methyl sites for hydroxylation is 2. The third kappa shape index (κ3) is 2.39. The maximum atomic E-state index is 11.8. The summed E-state index contributed by atoms with van der Waals surface area (Å²) < 4.78 is 0. The lowest BCUT2D eigenvalue weighted by Crippen LogP contribution is -2.28. The number of amides is 1. The van der Waals surface area contributed by atoms with Gasteiger partial charge in [-0.1, -0.05) is 0 Å². The molecule has 4 heteroatoms. The quantitative estimate of drug-likeness (QED) is 0.803. The molecule has 0 aliphatic carbocycles. The molecule has 0 saturated heterocycles. The summed E-state index contributed by atoms with van der Waals surface area (Å²) in [5.74, 6) is -0.167. The van der Waals surface area contributed by atoms with Gasteiger partial charge in [-0.15, -0.1) is 0 Å². The Morgan fingerprint density at radius 2 is 1.81 bits per heavy atom. The Hall–Kier alpha value is -1.42. The molecule has 0 atom stereocenters. The van der Waals surface area contributed by atoms with Gasteiger partial charge in [0.1, 0.15) is 0 Å². The van der Waals surface area contributed by atoms with E-state index < -0.39 is 0 Å². The van der Waals surface area contributed by atoms with Gasteiger partial charge in [0, 0.05) is 12.2 Å². The molecule has 2 N–H and O–H groups in total. The molecule has 0 unspecified atom stereocenters. The average molecular weight is 222 g/mol. The van der Waals surface area contributed by atoms with Crippen molar-refractivity contribution in [3.8, 4) is 0 Å². The SMILES string of the molecule is Cc1nc(C)c(C(=O)NCCO)c(C)c1C. The minimum Gasteiger partial charge on any atom is -0.395 e. The fourth-order valence-electron chi connectivity index (χ4n) is 1.71. The van der Waals surface area contributed by atoms with E-state index in [0.717, 1.165) is 22.5 Å². The van der Waals surface area contributed by atoms with Crippen molar-refractivity contribution in [2.75, 3.05) is 13.2 Å². The van der Waals surface area contributed by atoms with E-state index in [0.29, 0.717) is 5.56 Å². The van der Waals surface area contributed by atoms with Crippen molar-refractivity contribution in [1.82, 2.24) is 10.3 Å². The second-order valence-electron chi connectivity index (χ2n) is 3.89. The minimum absolute atomic E-state index is 0.0535. The molecule has 0 spiro atoms. The van der Waals surface area contributed by atoms with Crippen LogP contribution in [0.2, 0.25) is 0 Å². The highest BCUT2D eigenvalue weighted by Crippen LogP contribution is 2.18. The topological polar surface area (TPSA) is 62.2 Å². The zero-order chi connectivity index (χ0) is 12.3. The van der Waals surface area contributed by atoms with Crippen molar-refractivity contribution in [3.05, 3.63) is 28.1 Å². The van der Waals surface area contributed by atoms with E-state index in [4.69, 9.17) is 5.11 Å². The van der Waals surface area contributed by atoms with Crippen LogP contribution < -0.4 is 5.32 Å². The molecular formula is C12H18N2O2. The van der Waals surface area contributed by atoms with Gasteiger partial charge in [0.05, 0.1) is 17.9 Å². The van der Waals surface area contributed by atoms with E-state index in [9.17, 15) is 4.79 Å². The molecule has 0 aliphatic heterocycles. The highest BCUT2D eigenvalue weighted by atomic mass is 16.3. The van der Waals surface area contributed by atoms with E-state index in [1.54, 1.807) is 0 Å². The number of nitrogens with zero attached hydrogens (tertiary/aromatic N) is 1. The van der Waals surface area contributed by atoms with Crippen LogP contribution in [0.4, 0.5) is 0 Å². The van der Waals surface area contributed by atoms with Gasteiger partial charge in [0.25, 0.3) is 5.91 Å². The Morgan fingerprint density at radius 1 is 1.19 bits per heavy atom. The fraction of sp³-hybridized carbons (Fsp3) is 0.500. The van der Waals surface area contributed by atoms with Crippen LogP contribution in [0.3, 0.4) is 0 Å². The van der Waals surface area contributed by atoms with Crippen molar-refractivity contribution in [3.63, 3.8) is 0 Å². The highest BCUT2D eigenvalue weighted by Gasteiger charge is 2.15. The number of hydrogen-bond acceptors (Lipinski definition) is 3. The number of aliphatic hydroxyl groups excluding tert-OH is 1. The molecule has 4 nitrogen and oxygen atoms in total. The molecule has 0 bridgehead atoms. The van der Waals surface area contributed by atoms with Crippen LogP contribution in [-0.2, 0) is 0 Å². The summed E-state index contributed by atoms with van der Waals surface area (Å²) in [6, 6.07) is 0. The summed E-state index contributed by atoms with van der Waals surface area (Å²) in [6.07, 6.45) is 0. The zero-order valence-electron chi connectivity index (χ0n) is 10.2. The lowest BCUT2D eigenvalue weighted by molar-refractivity contribution is 0.0943. The van der Waals surface area contributed by atoms with Gasteiger partial charge in [0.2, 0.25) is 0 Å². The normalized spacial score (nSPS) is 10.3. The standard InChI is InChI=1S/C12H18N2O2/c1-7-8(2)11(10(4)14-9(7)3)12(16)13-5-6-15/h15H,5-6H2,1-4H3,(H,13,16). The lowest BCUT2D eigenvalue weighted by Gasteiger charge is -2.13. The molecule has 0 fully saturated rings. The summed E-state index contributed by atoms with van der Waals surface area (Å²) in [5, 5.41) is 11.3. The molecule has 1 aromatic heterocycles. The van der Waals surface area contributed by atoms with Crippen molar-refractivity contribution >= 4 is 5.91 Å². The van der Waals surface area contributed by atoms with Crippen LogP contribution in [-0.4, -0.2) is 29.1 Å². The van der Waals surface area contributed by atoms with E-state index in [1.807, 2.05) is 27.7 Å². The first-order valence-corrected chi connectivity index (χ1v) is 5.32. The highest BCUT2D eigenvalue weighted by molar-refractivity contribution is 5.97. The summed E-state index contributed by atoms with van der Waals surface area (Å²) in [7, 11) is 0. The second kappa shape index (κ2) is 5.07. The first kappa shape index (κ1) is 12.6. The number of carbonyl (C=O) groups is 1. The van der Waals surface area contributed by atoms with Crippen molar-refractivity contribution < 1.29 is 9.90 Å². The molecule has 88 valence electrons. The largest absolute Gasteiger partial charge is 0.395 e. The van der Waals surface area contributed by atoms with Crippen LogP contribution in [0.5, 0.6) is 0 Å².